The standard InChI is InChI=1S/Mo.Na.O.Ti.H/q;+1;;;-1. The van der Waals surface area contributed by atoms with Gasteiger partial charge in [0, 0.05) is 21.7 Å². The van der Waals surface area contributed by atoms with Crippen LogP contribution < -0.4 is 29.6 Å². The van der Waals surface area contributed by atoms with Crippen LogP contribution in [0.15, 0.2) is 0 Å². The summed E-state index contributed by atoms with van der Waals surface area (Å²) in [6.45, 7) is 0. The zero-order valence-electron chi connectivity index (χ0n) is 3.32. The third-order valence-corrected chi connectivity index (χ3v) is 0. The summed E-state index contributed by atoms with van der Waals surface area (Å²) in [5.74, 6) is 0. The summed E-state index contributed by atoms with van der Waals surface area (Å²) < 4.78 is 8.26. The van der Waals surface area contributed by atoms with E-state index in [0.717, 1.165) is 0 Å². The molecule has 0 N–H and O–H groups in total. The monoisotopic (exact) mass is 186 g/mol. The van der Waals surface area contributed by atoms with Gasteiger partial charge in [-0.15, -0.1) is 0 Å². The van der Waals surface area contributed by atoms with E-state index in [1.807, 2.05) is 0 Å². The fourth-order valence-corrected chi connectivity index (χ4v) is 0. The van der Waals surface area contributed by atoms with Crippen molar-refractivity contribution in [3.05, 3.63) is 0 Å². The Morgan fingerprint density at radius 2 is 1.50 bits per heavy atom. The zero-order chi connectivity index (χ0) is 2.00. The molecule has 0 aromatic heterocycles. The van der Waals surface area contributed by atoms with Crippen LogP contribution in [0.2, 0.25) is 0 Å². The Bertz CT molecular complexity index is 11.6. The Kier molecular flexibility index (Phi) is 77.5. The molecule has 0 spiro atoms. The van der Waals surface area contributed by atoms with Gasteiger partial charge in [-0.1, -0.05) is 0 Å². The Balaban J connectivity index is -0.00000000167. The predicted octanol–water partition coefficient (Wildman–Crippen LogP) is -3.01. The SMILES string of the molecule is [H-].[Na+].[O]=[Mo].[Ti]. The Labute approximate surface area is 74.8 Å². The summed E-state index contributed by atoms with van der Waals surface area (Å²) in [5, 5.41) is 0. The number of hydrogen-bond acceptors (Lipinski definition) is 1. The van der Waals surface area contributed by atoms with Gasteiger partial charge in [0.05, 0.1) is 0 Å². The molecule has 4 heteroatoms. The van der Waals surface area contributed by atoms with Crippen molar-refractivity contribution in [3.8, 4) is 0 Å². The maximum absolute atomic E-state index is 8.26. The van der Waals surface area contributed by atoms with Gasteiger partial charge in [0.25, 0.3) is 0 Å². The van der Waals surface area contributed by atoms with Gasteiger partial charge in [-0.05, 0) is 0 Å². The van der Waals surface area contributed by atoms with E-state index in [-0.39, 0.29) is 52.7 Å². The molecule has 0 saturated heterocycles. The zero-order valence-corrected chi connectivity index (χ0v) is 7.89. The van der Waals surface area contributed by atoms with Gasteiger partial charge in [-0.3, -0.25) is 0 Å². The summed E-state index contributed by atoms with van der Waals surface area (Å²) in [5.41, 5.74) is 0. The van der Waals surface area contributed by atoms with Crippen molar-refractivity contribution in [1.29, 1.82) is 0 Å². The van der Waals surface area contributed by atoms with Gasteiger partial charge >= 0.3 is 52.7 Å². The molecule has 0 saturated carbocycles. The van der Waals surface area contributed by atoms with Gasteiger partial charge in [0.2, 0.25) is 0 Å². The Morgan fingerprint density at radius 1 is 1.50 bits per heavy atom. The molecule has 0 unspecified atom stereocenters. The molecule has 0 aromatic rings. The molecule has 0 rings (SSSR count). The van der Waals surface area contributed by atoms with E-state index < -0.39 is 0 Å². The van der Waals surface area contributed by atoms with Crippen molar-refractivity contribution in [3.63, 3.8) is 0 Å². The molecular formula is HMoNaOTi. The molecule has 0 fully saturated rings. The van der Waals surface area contributed by atoms with E-state index in [1.165, 1.54) is 0 Å². The Morgan fingerprint density at radius 3 is 1.50 bits per heavy atom. The van der Waals surface area contributed by atoms with Crippen LogP contribution in [0.3, 0.4) is 0 Å². The van der Waals surface area contributed by atoms with Crippen LogP contribution in [-0.4, -0.2) is 0 Å². The maximum atomic E-state index is 8.26. The average molecular weight is 184 g/mol. The first-order valence-electron chi connectivity index (χ1n) is 0.167. The molecule has 4 heavy (non-hydrogen) atoms. The van der Waals surface area contributed by atoms with E-state index >= 15 is 0 Å². The van der Waals surface area contributed by atoms with E-state index in [0.29, 0.717) is 19.8 Å². The third kappa shape index (κ3) is 8.88. The molecule has 18 valence electrons. The van der Waals surface area contributed by atoms with Crippen molar-refractivity contribution in [2.75, 3.05) is 0 Å². The minimum atomic E-state index is 0. The summed E-state index contributed by atoms with van der Waals surface area (Å²) in [6.07, 6.45) is 0. The molecule has 0 atom stereocenters. The van der Waals surface area contributed by atoms with Crippen molar-refractivity contribution in [2.24, 2.45) is 0 Å². The molecule has 0 aliphatic carbocycles. The fraction of sp³-hybridized carbons (Fsp3) is 0. The van der Waals surface area contributed by atoms with E-state index in [9.17, 15) is 0 Å². The summed E-state index contributed by atoms with van der Waals surface area (Å²) in [7, 11) is 0. The fourth-order valence-electron chi connectivity index (χ4n) is 0. The first-order valence-corrected chi connectivity index (χ1v) is 0.986. The minimum Gasteiger partial charge on any atom is 0 e. The van der Waals surface area contributed by atoms with Crippen LogP contribution in [0.4, 0.5) is 0 Å². The molecule has 0 bridgehead atoms. The van der Waals surface area contributed by atoms with Gasteiger partial charge in [0.15, 0.2) is 0 Å². The van der Waals surface area contributed by atoms with Gasteiger partial charge < -0.3 is 1.43 Å². The van der Waals surface area contributed by atoms with Crippen molar-refractivity contribution >= 4 is 0 Å². The predicted molar refractivity (Wildman–Crippen MR) is 1.80 cm³/mol. The summed E-state index contributed by atoms with van der Waals surface area (Å²) >= 11 is 0.700. The molecule has 1 nitrogen and oxygen atoms in total. The van der Waals surface area contributed by atoms with Gasteiger partial charge in [-0.2, -0.15) is 0 Å². The average Bonchev–Trinajstić information content (AvgIpc) is 1.00. The second-order valence-electron chi connectivity index (χ2n) is 0. The normalized spacial score (nSPS) is 1.00. The van der Waals surface area contributed by atoms with Crippen LogP contribution in [0, 0.1) is 0 Å². The molecular weight excluding hydrogens is 183 g/mol. The largest absolute Gasteiger partial charge is 0 e. The third-order valence-electron chi connectivity index (χ3n) is 0. The minimum absolute atomic E-state index is 0. The summed E-state index contributed by atoms with van der Waals surface area (Å²) in [4.78, 5) is 0. The van der Waals surface area contributed by atoms with Crippen LogP contribution in [0.1, 0.15) is 1.43 Å². The van der Waals surface area contributed by atoms with Crippen LogP contribution in [0.5, 0.6) is 0 Å². The number of hydrogen-bond donors (Lipinski definition) is 0. The second kappa shape index (κ2) is 18.9. The Hall–Kier alpha value is 2.20. The first kappa shape index (κ1) is 16.4. The summed E-state index contributed by atoms with van der Waals surface area (Å²) in [6, 6.07) is 0. The maximum Gasteiger partial charge on any atom is 0 e. The van der Waals surface area contributed by atoms with Crippen LogP contribution >= 0.6 is 0 Å². The van der Waals surface area contributed by atoms with E-state index in [1.54, 1.807) is 0 Å². The van der Waals surface area contributed by atoms with Crippen molar-refractivity contribution < 1.29 is 75.9 Å². The van der Waals surface area contributed by atoms with Crippen LogP contribution in [0.25, 0.3) is 0 Å². The molecule has 0 aliphatic rings. The van der Waals surface area contributed by atoms with E-state index in [2.05, 4.69) is 0 Å². The smallest absolute Gasteiger partial charge is 0 e. The first-order chi connectivity index (χ1) is 1.00. The van der Waals surface area contributed by atoms with Crippen LogP contribution in [-0.2, 0) is 44.9 Å². The molecule has 0 heterocycles. The van der Waals surface area contributed by atoms with E-state index in [4.69, 9.17) is 3.40 Å². The van der Waals surface area contributed by atoms with Crippen molar-refractivity contribution in [1.82, 2.24) is 0 Å². The second-order valence-corrected chi connectivity index (χ2v) is 0. The van der Waals surface area contributed by atoms with Crippen molar-refractivity contribution in [2.45, 2.75) is 0 Å². The molecule has 0 radical (unpaired) electrons. The molecule has 0 aliphatic heterocycles. The molecule has 0 amide bonds. The van der Waals surface area contributed by atoms with Gasteiger partial charge in [0.1, 0.15) is 0 Å². The number of rotatable bonds is 0. The molecule has 0 aromatic carbocycles. The van der Waals surface area contributed by atoms with Gasteiger partial charge in [-0.25, -0.2) is 0 Å². The quantitative estimate of drug-likeness (QED) is 0.366. The topological polar surface area (TPSA) is 17.1 Å².